The molecule has 0 bridgehead atoms. The van der Waals surface area contributed by atoms with Crippen molar-refractivity contribution in [1.82, 2.24) is 10.2 Å². The summed E-state index contributed by atoms with van der Waals surface area (Å²) in [6.45, 7) is 0. The second-order valence-corrected chi connectivity index (χ2v) is 10.5. The lowest BCUT2D eigenvalue weighted by atomic mass is 9.76. The first-order valence-corrected chi connectivity index (χ1v) is 12.7. The van der Waals surface area contributed by atoms with Gasteiger partial charge in [-0.25, -0.2) is 0 Å². The number of fused-ring (bicyclic) bond motifs is 4. The summed E-state index contributed by atoms with van der Waals surface area (Å²) in [7, 11) is 0. The molecule has 4 atom stereocenters. The van der Waals surface area contributed by atoms with Crippen molar-refractivity contribution < 1.29 is 14.4 Å². The molecule has 3 fully saturated rings. The fraction of sp³-hybridized carbons (Fsp3) is 0.444. The smallest absolute Gasteiger partial charge is 0.250 e. The van der Waals surface area contributed by atoms with E-state index in [4.69, 9.17) is 11.6 Å². The molecule has 34 heavy (non-hydrogen) atoms. The van der Waals surface area contributed by atoms with Gasteiger partial charge in [0.15, 0.2) is 0 Å². The number of imide groups is 1. The summed E-state index contributed by atoms with van der Waals surface area (Å²) in [5.74, 6) is -1.99. The number of carbonyl (C=O) groups is 3. The molecule has 3 amide bonds. The molecule has 6 rings (SSSR count). The summed E-state index contributed by atoms with van der Waals surface area (Å²) >= 11 is 6.35. The van der Waals surface area contributed by atoms with Gasteiger partial charge in [0.25, 0.3) is 0 Å². The molecule has 2 N–H and O–H groups in total. The average Bonchev–Trinajstić information content (AvgIpc) is 3.28. The third-order valence-corrected chi connectivity index (χ3v) is 8.43. The Balaban J connectivity index is 1.46. The molecule has 2 aromatic rings. The number of amides is 3. The Labute approximate surface area is 204 Å². The Morgan fingerprint density at radius 2 is 1.68 bits per heavy atom. The lowest BCUT2D eigenvalue weighted by molar-refractivity contribution is -0.145. The van der Waals surface area contributed by atoms with Crippen molar-refractivity contribution in [3.8, 4) is 0 Å². The van der Waals surface area contributed by atoms with Crippen LogP contribution in [-0.4, -0.2) is 34.7 Å². The van der Waals surface area contributed by atoms with Crippen molar-refractivity contribution in [3.63, 3.8) is 0 Å². The van der Waals surface area contributed by atoms with E-state index in [2.05, 4.69) is 10.6 Å². The molecular weight excluding hydrogens is 450 g/mol. The topological polar surface area (TPSA) is 78.5 Å². The number of nitrogens with one attached hydrogen (secondary N) is 2. The maximum absolute atomic E-state index is 14.1. The number of anilines is 1. The van der Waals surface area contributed by atoms with Gasteiger partial charge in [0.1, 0.15) is 5.54 Å². The van der Waals surface area contributed by atoms with Crippen molar-refractivity contribution in [2.24, 2.45) is 11.8 Å². The second-order valence-electron chi connectivity index (χ2n) is 10.1. The second kappa shape index (κ2) is 8.21. The van der Waals surface area contributed by atoms with Crippen LogP contribution in [0.3, 0.4) is 0 Å². The molecule has 7 heteroatoms. The number of rotatable bonds is 3. The number of carbonyl (C=O) groups excluding carboxylic acids is 3. The maximum Gasteiger partial charge on any atom is 0.250 e. The first-order chi connectivity index (χ1) is 16.5. The van der Waals surface area contributed by atoms with E-state index in [0.29, 0.717) is 22.7 Å². The molecule has 1 saturated carbocycles. The molecule has 3 aliphatic heterocycles. The summed E-state index contributed by atoms with van der Waals surface area (Å²) in [5.41, 5.74) is 1.08. The highest BCUT2D eigenvalue weighted by molar-refractivity contribution is 6.31. The predicted molar refractivity (Wildman–Crippen MR) is 129 cm³/mol. The van der Waals surface area contributed by atoms with E-state index in [0.717, 1.165) is 44.1 Å². The number of hydrogen-bond acceptors (Lipinski definition) is 4. The van der Waals surface area contributed by atoms with E-state index in [1.165, 1.54) is 4.90 Å². The zero-order valence-electron chi connectivity index (χ0n) is 18.9. The van der Waals surface area contributed by atoms with Crippen molar-refractivity contribution in [2.45, 2.75) is 62.6 Å². The van der Waals surface area contributed by atoms with Crippen molar-refractivity contribution in [1.29, 1.82) is 0 Å². The standard InChI is InChI=1S/C27H28ClN3O3/c28-17-12-13-20-19(15-17)27(26(34)29-20)23-22(21(30-27)14-16-8-4-3-5-9-16)24(32)31(25(23)33)18-10-6-1-2-7-11-18/h3-5,8-9,12-13,15,18,21-23,30H,1-2,6-7,10-11,14H2,(H,29,34). The van der Waals surface area contributed by atoms with E-state index in [-0.39, 0.29) is 29.8 Å². The molecule has 1 spiro atoms. The third-order valence-electron chi connectivity index (χ3n) is 8.20. The van der Waals surface area contributed by atoms with E-state index >= 15 is 0 Å². The van der Waals surface area contributed by atoms with Crippen LogP contribution in [0, 0.1) is 11.8 Å². The summed E-state index contributed by atoms with van der Waals surface area (Å²) in [5, 5.41) is 6.96. The predicted octanol–water partition coefficient (Wildman–Crippen LogP) is 4.03. The normalized spacial score (nSPS) is 31.0. The van der Waals surface area contributed by atoms with Crippen molar-refractivity contribution in [2.75, 3.05) is 5.32 Å². The molecule has 1 aliphatic carbocycles. The molecular formula is C27H28ClN3O3. The van der Waals surface area contributed by atoms with Crippen molar-refractivity contribution in [3.05, 3.63) is 64.7 Å². The Bertz CT molecular complexity index is 1160. The maximum atomic E-state index is 14.1. The molecule has 6 nitrogen and oxygen atoms in total. The lowest BCUT2D eigenvalue weighted by Crippen LogP contribution is -2.54. The Morgan fingerprint density at radius 3 is 2.41 bits per heavy atom. The summed E-state index contributed by atoms with van der Waals surface area (Å²) in [6.07, 6.45) is 6.56. The molecule has 2 aromatic carbocycles. The van der Waals surface area contributed by atoms with E-state index in [9.17, 15) is 14.4 Å². The van der Waals surface area contributed by atoms with Gasteiger partial charge in [-0.3, -0.25) is 24.6 Å². The lowest BCUT2D eigenvalue weighted by Gasteiger charge is -2.32. The Kier molecular flexibility index (Phi) is 5.26. The van der Waals surface area contributed by atoms with Crippen LogP contribution in [0.4, 0.5) is 5.69 Å². The van der Waals surface area contributed by atoms with Gasteiger partial charge in [-0.05, 0) is 43.0 Å². The molecule has 0 aromatic heterocycles. The van der Waals surface area contributed by atoms with E-state index < -0.39 is 17.4 Å². The van der Waals surface area contributed by atoms with Crippen LogP contribution in [0.25, 0.3) is 0 Å². The van der Waals surface area contributed by atoms with Gasteiger partial charge in [-0.15, -0.1) is 0 Å². The largest absolute Gasteiger partial charge is 0.324 e. The summed E-state index contributed by atoms with van der Waals surface area (Å²) in [6, 6.07) is 14.8. The minimum Gasteiger partial charge on any atom is -0.324 e. The fourth-order valence-corrected chi connectivity index (χ4v) is 6.89. The van der Waals surface area contributed by atoms with E-state index in [1.807, 2.05) is 30.3 Å². The monoisotopic (exact) mass is 477 g/mol. The van der Waals surface area contributed by atoms with Crippen LogP contribution in [-0.2, 0) is 26.3 Å². The minimum atomic E-state index is -1.30. The molecule has 4 unspecified atom stereocenters. The quantitative estimate of drug-likeness (QED) is 0.517. The van der Waals surface area contributed by atoms with Crippen LogP contribution in [0.15, 0.2) is 48.5 Å². The van der Waals surface area contributed by atoms with Crippen LogP contribution >= 0.6 is 11.6 Å². The average molecular weight is 478 g/mol. The van der Waals surface area contributed by atoms with Crippen LogP contribution in [0.5, 0.6) is 0 Å². The van der Waals surface area contributed by atoms with Crippen molar-refractivity contribution >= 4 is 35.0 Å². The van der Waals surface area contributed by atoms with E-state index in [1.54, 1.807) is 18.2 Å². The van der Waals surface area contributed by atoms with Gasteiger partial charge in [0.05, 0.1) is 11.8 Å². The number of benzene rings is 2. The molecule has 0 radical (unpaired) electrons. The highest BCUT2D eigenvalue weighted by atomic mass is 35.5. The first kappa shape index (κ1) is 21.8. The molecule has 4 aliphatic rings. The van der Waals surface area contributed by atoms with Gasteiger partial charge in [0.2, 0.25) is 17.7 Å². The highest BCUT2D eigenvalue weighted by Crippen LogP contribution is 2.54. The van der Waals surface area contributed by atoms with Gasteiger partial charge in [-0.2, -0.15) is 0 Å². The first-order valence-electron chi connectivity index (χ1n) is 12.3. The number of nitrogens with zero attached hydrogens (tertiary/aromatic N) is 1. The summed E-state index contributed by atoms with van der Waals surface area (Å²) in [4.78, 5) is 43.1. The highest BCUT2D eigenvalue weighted by Gasteiger charge is 2.70. The molecule has 176 valence electrons. The number of halogens is 1. The third kappa shape index (κ3) is 3.15. The van der Waals surface area contributed by atoms with Gasteiger partial charge < -0.3 is 5.32 Å². The number of hydrogen-bond donors (Lipinski definition) is 2. The SMILES string of the molecule is O=C1C2C(Cc3ccccc3)NC3(C(=O)Nc4ccc(Cl)cc43)C2C(=O)N1C1CCCCCC1. The Hall–Kier alpha value is -2.70. The molecule has 3 heterocycles. The summed E-state index contributed by atoms with van der Waals surface area (Å²) < 4.78 is 0. The Morgan fingerprint density at radius 1 is 0.941 bits per heavy atom. The van der Waals surface area contributed by atoms with Gasteiger partial charge in [0, 0.05) is 28.4 Å². The van der Waals surface area contributed by atoms with Gasteiger partial charge >= 0.3 is 0 Å². The minimum absolute atomic E-state index is 0.0779. The van der Waals surface area contributed by atoms with Crippen LogP contribution in [0.2, 0.25) is 5.02 Å². The van der Waals surface area contributed by atoms with Crippen LogP contribution < -0.4 is 10.6 Å². The van der Waals surface area contributed by atoms with Crippen LogP contribution in [0.1, 0.15) is 49.7 Å². The fourth-order valence-electron chi connectivity index (χ4n) is 6.72. The van der Waals surface area contributed by atoms with Gasteiger partial charge in [-0.1, -0.05) is 67.6 Å². The molecule has 2 saturated heterocycles. The zero-order chi connectivity index (χ0) is 23.4. The zero-order valence-corrected chi connectivity index (χ0v) is 19.7. The number of likely N-dealkylation sites (tertiary alicyclic amines) is 1.